The molecule has 0 radical (unpaired) electrons. The molecule has 0 spiro atoms. The molecule has 0 aromatic carbocycles. The number of rotatable bonds is 4. The Bertz CT molecular complexity index is 647. The maximum absolute atomic E-state index is 12.7. The summed E-state index contributed by atoms with van der Waals surface area (Å²) in [6.45, 7) is 0.461. The van der Waals surface area contributed by atoms with Gasteiger partial charge in [0.25, 0.3) is 0 Å². The minimum Gasteiger partial charge on any atom is -0.370 e. The Morgan fingerprint density at radius 1 is 1.26 bits per heavy atom. The van der Waals surface area contributed by atoms with Gasteiger partial charge in [0.2, 0.25) is 0 Å². The van der Waals surface area contributed by atoms with Crippen LogP contribution in [0.15, 0.2) is 29.0 Å². The van der Waals surface area contributed by atoms with Gasteiger partial charge in [-0.1, -0.05) is 0 Å². The first-order valence-electron chi connectivity index (χ1n) is 7.14. The van der Waals surface area contributed by atoms with Crippen LogP contribution in [0.1, 0.15) is 12.4 Å². The highest BCUT2D eigenvalue weighted by molar-refractivity contribution is 7.13. The smallest absolute Gasteiger partial charge is 0.319 e. The van der Waals surface area contributed by atoms with E-state index >= 15 is 0 Å². The number of nitrogens with zero attached hydrogens (tertiary/aromatic N) is 6. The van der Waals surface area contributed by atoms with Gasteiger partial charge in [0, 0.05) is 50.1 Å². The van der Waals surface area contributed by atoms with E-state index in [-0.39, 0.29) is 12.4 Å². The average Bonchev–Trinajstić information content (AvgIpc) is 3.24. The Hall–Kier alpha value is -2.23. The molecule has 3 heterocycles. The fraction of sp³-hybridized carbons (Fsp3) is 0.462. The molecular formula is C13H17F2N7S. The normalized spacial score (nSPS) is 16.4. The molecule has 0 atom stereocenters. The molecule has 0 amide bonds. The van der Waals surface area contributed by atoms with E-state index in [4.69, 9.17) is 5.73 Å². The highest BCUT2D eigenvalue weighted by Gasteiger charge is 2.20. The molecule has 3 rings (SSSR count). The Balaban J connectivity index is 1.56. The summed E-state index contributed by atoms with van der Waals surface area (Å²) in [5, 5.41) is 2.95. The predicted octanol–water partition coefficient (Wildman–Crippen LogP) is 1.37. The summed E-state index contributed by atoms with van der Waals surface area (Å²) in [7, 11) is 0. The number of aromatic nitrogens is 3. The lowest BCUT2D eigenvalue weighted by atomic mass is 10.3. The van der Waals surface area contributed by atoms with Crippen LogP contribution in [0.3, 0.4) is 0 Å². The first-order valence-corrected chi connectivity index (χ1v) is 8.02. The molecule has 10 heteroatoms. The number of nitrogens with two attached hydrogens (primary N) is 1. The van der Waals surface area contributed by atoms with Crippen LogP contribution in [0.2, 0.25) is 0 Å². The Kier molecular flexibility index (Phi) is 4.70. The van der Waals surface area contributed by atoms with Crippen molar-refractivity contribution in [2.75, 3.05) is 31.1 Å². The Labute approximate surface area is 136 Å². The average molecular weight is 341 g/mol. The van der Waals surface area contributed by atoms with Gasteiger partial charge in [-0.15, -0.1) is 11.3 Å². The molecule has 2 aromatic rings. The van der Waals surface area contributed by atoms with Gasteiger partial charge in [0.05, 0.1) is 0 Å². The zero-order chi connectivity index (χ0) is 16.2. The third-order valence-electron chi connectivity index (χ3n) is 3.64. The van der Waals surface area contributed by atoms with Crippen molar-refractivity contribution in [2.45, 2.75) is 13.1 Å². The summed E-state index contributed by atoms with van der Waals surface area (Å²) in [6, 6.07) is 0. The monoisotopic (exact) mass is 341 g/mol. The minimum absolute atomic E-state index is 0.0376. The Morgan fingerprint density at radius 2 is 2.04 bits per heavy atom. The summed E-state index contributed by atoms with van der Waals surface area (Å²) < 4.78 is 26.3. The summed E-state index contributed by atoms with van der Waals surface area (Å²) in [5.41, 5.74) is 5.98. The van der Waals surface area contributed by atoms with Crippen molar-refractivity contribution < 1.29 is 8.78 Å². The van der Waals surface area contributed by atoms with Crippen LogP contribution >= 0.6 is 11.3 Å². The first kappa shape index (κ1) is 15.7. The van der Waals surface area contributed by atoms with Crippen LogP contribution in [-0.4, -0.2) is 51.6 Å². The second kappa shape index (κ2) is 6.90. The molecule has 0 aliphatic carbocycles. The molecule has 0 saturated carbocycles. The van der Waals surface area contributed by atoms with Crippen molar-refractivity contribution in [1.82, 2.24) is 19.4 Å². The highest BCUT2D eigenvalue weighted by atomic mass is 32.1. The van der Waals surface area contributed by atoms with E-state index in [9.17, 15) is 8.78 Å². The van der Waals surface area contributed by atoms with Gasteiger partial charge in [-0.3, -0.25) is 4.57 Å². The second-order valence-corrected chi connectivity index (χ2v) is 5.86. The molecule has 1 saturated heterocycles. The van der Waals surface area contributed by atoms with Gasteiger partial charge >= 0.3 is 6.55 Å². The standard InChI is InChI=1S/C13H17F2N7S/c14-11(15)22-3-1-17-10(22)9-19-12(16)20-4-6-21(7-5-20)13-18-2-8-23-13/h1-3,8,11H,4-7,9H2,(H2,16,19). The highest BCUT2D eigenvalue weighted by Crippen LogP contribution is 2.19. The Morgan fingerprint density at radius 3 is 2.70 bits per heavy atom. The number of guanidine groups is 1. The molecule has 1 aliphatic heterocycles. The molecule has 1 fully saturated rings. The lowest BCUT2D eigenvalue weighted by Crippen LogP contribution is -2.51. The van der Waals surface area contributed by atoms with Crippen molar-refractivity contribution in [1.29, 1.82) is 0 Å². The summed E-state index contributed by atoms with van der Waals surface area (Å²) in [6.07, 6.45) is 4.35. The van der Waals surface area contributed by atoms with E-state index in [1.54, 1.807) is 17.5 Å². The predicted molar refractivity (Wildman–Crippen MR) is 84.7 cm³/mol. The number of anilines is 1. The van der Waals surface area contributed by atoms with Crippen LogP contribution in [0.5, 0.6) is 0 Å². The van der Waals surface area contributed by atoms with E-state index in [0.717, 1.165) is 35.9 Å². The lowest BCUT2D eigenvalue weighted by Gasteiger charge is -2.35. The second-order valence-electron chi connectivity index (χ2n) is 4.99. The molecule has 0 bridgehead atoms. The van der Waals surface area contributed by atoms with Crippen LogP contribution < -0.4 is 10.6 Å². The maximum atomic E-state index is 12.7. The van der Waals surface area contributed by atoms with Crippen molar-refractivity contribution in [2.24, 2.45) is 10.7 Å². The van der Waals surface area contributed by atoms with Crippen molar-refractivity contribution in [3.8, 4) is 0 Å². The van der Waals surface area contributed by atoms with Crippen molar-refractivity contribution >= 4 is 22.4 Å². The number of alkyl halides is 2. The minimum atomic E-state index is -2.62. The topological polar surface area (TPSA) is 75.6 Å². The van der Waals surface area contributed by atoms with Gasteiger partial charge in [0.1, 0.15) is 12.4 Å². The fourth-order valence-electron chi connectivity index (χ4n) is 2.39. The van der Waals surface area contributed by atoms with Crippen molar-refractivity contribution in [3.05, 3.63) is 29.8 Å². The van der Waals surface area contributed by atoms with Crippen molar-refractivity contribution in [3.63, 3.8) is 0 Å². The van der Waals surface area contributed by atoms with Gasteiger partial charge < -0.3 is 15.5 Å². The first-order chi connectivity index (χ1) is 11.1. The number of hydrogen-bond donors (Lipinski definition) is 1. The number of piperazine rings is 1. The van der Waals surface area contributed by atoms with Crippen LogP contribution in [-0.2, 0) is 6.54 Å². The van der Waals surface area contributed by atoms with E-state index in [1.807, 2.05) is 10.3 Å². The third kappa shape index (κ3) is 3.58. The molecule has 23 heavy (non-hydrogen) atoms. The van der Waals surface area contributed by atoms with E-state index in [1.165, 1.54) is 12.4 Å². The number of imidazole rings is 1. The third-order valence-corrected chi connectivity index (χ3v) is 4.47. The molecule has 7 nitrogen and oxygen atoms in total. The number of halogens is 2. The molecular weight excluding hydrogens is 324 g/mol. The van der Waals surface area contributed by atoms with E-state index < -0.39 is 6.55 Å². The largest absolute Gasteiger partial charge is 0.370 e. The van der Waals surface area contributed by atoms with Crippen LogP contribution in [0.4, 0.5) is 13.9 Å². The van der Waals surface area contributed by atoms with Crippen LogP contribution in [0.25, 0.3) is 0 Å². The number of hydrogen-bond acceptors (Lipinski definition) is 5. The van der Waals surface area contributed by atoms with Gasteiger partial charge in [-0.2, -0.15) is 8.78 Å². The number of thiazole rings is 1. The van der Waals surface area contributed by atoms with Gasteiger partial charge in [0.15, 0.2) is 11.1 Å². The summed E-state index contributed by atoms with van der Waals surface area (Å²) >= 11 is 1.60. The van der Waals surface area contributed by atoms with E-state index in [0.29, 0.717) is 5.96 Å². The molecule has 0 unspecified atom stereocenters. The molecule has 1 aliphatic rings. The summed E-state index contributed by atoms with van der Waals surface area (Å²) in [5.74, 6) is 0.553. The van der Waals surface area contributed by atoms with Gasteiger partial charge in [-0.25, -0.2) is 15.0 Å². The van der Waals surface area contributed by atoms with Crippen LogP contribution in [0, 0.1) is 0 Å². The fourth-order valence-corrected chi connectivity index (χ4v) is 3.09. The zero-order valence-electron chi connectivity index (χ0n) is 12.3. The molecule has 124 valence electrons. The lowest BCUT2D eigenvalue weighted by molar-refractivity contribution is 0.0671. The summed E-state index contributed by atoms with van der Waals surface area (Å²) in [4.78, 5) is 16.5. The maximum Gasteiger partial charge on any atom is 0.319 e. The zero-order valence-corrected chi connectivity index (χ0v) is 13.2. The SMILES string of the molecule is NC(=NCc1nccn1C(F)F)N1CCN(c2nccs2)CC1. The van der Waals surface area contributed by atoms with Gasteiger partial charge in [-0.05, 0) is 0 Å². The quantitative estimate of drug-likeness (QED) is 0.671. The molecule has 2 N–H and O–H groups in total. The molecule has 2 aromatic heterocycles. The van der Waals surface area contributed by atoms with E-state index in [2.05, 4.69) is 19.9 Å². The number of aliphatic imine (C=N–C) groups is 1.